The smallest absolute Gasteiger partial charge is 0.318 e. The van der Waals surface area contributed by atoms with Gasteiger partial charge in [-0.05, 0) is 23.3 Å². The van der Waals surface area contributed by atoms with Gasteiger partial charge in [0, 0.05) is 11.8 Å². The standard InChI is InChI=1S/C23H19NO5/c25-21(24-18-11-12-19-20(13-18)29-15-28-19)14-27-23(26)22(16-7-3-1-4-8-16)17-9-5-2-6-10-17/h1-13,22H,14-15H2,(H,24,25). The predicted octanol–water partition coefficient (Wildman–Crippen LogP) is 3.73. The number of carbonyl (C=O) groups excluding carboxylic acids is 2. The summed E-state index contributed by atoms with van der Waals surface area (Å²) in [7, 11) is 0. The van der Waals surface area contributed by atoms with E-state index in [1.165, 1.54) is 0 Å². The van der Waals surface area contributed by atoms with Gasteiger partial charge >= 0.3 is 5.97 Å². The highest BCUT2D eigenvalue weighted by Crippen LogP contribution is 2.34. The van der Waals surface area contributed by atoms with Crippen LogP contribution in [0.4, 0.5) is 5.69 Å². The lowest BCUT2D eigenvalue weighted by Crippen LogP contribution is -2.24. The molecule has 0 unspecified atom stereocenters. The Morgan fingerprint density at radius 3 is 2.14 bits per heavy atom. The second-order valence-corrected chi connectivity index (χ2v) is 6.48. The maximum atomic E-state index is 12.8. The van der Waals surface area contributed by atoms with Gasteiger partial charge in [-0.15, -0.1) is 0 Å². The molecule has 0 fully saturated rings. The van der Waals surface area contributed by atoms with Crippen LogP contribution in [0, 0.1) is 0 Å². The summed E-state index contributed by atoms with van der Waals surface area (Å²) in [6, 6.07) is 23.8. The Labute approximate surface area is 168 Å². The van der Waals surface area contributed by atoms with Gasteiger partial charge in [0.1, 0.15) is 5.92 Å². The minimum Gasteiger partial charge on any atom is -0.455 e. The van der Waals surface area contributed by atoms with Crippen LogP contribution in [0.1, 0.15) is 17.0 Å². The van der Waals surface area contributed by atoms with Gasteiger partial charge in [0.2, 0.25) is 6.79 Å². The zero-order valence-electron chi connectivity index (χ0n) is 15.5. The minimum atomic E-state index is -0.601. The molecule has 4 rings (SSSR count). The zero-order valence-corrected chi connectivity index (χ0v) is 15.5. The van der Waals surface area contributed by atoms with Crippen LogP contribution in [-0.4, -0.2) is 25.3 Å². The molecule has 0 bridgehead atoms. The van der Waals surface area contributed by atoms with Crippen molar-refractivity contribution in [3.63, 3.8) is 0 Å². The molecule has 0 radical (unpaired) electrons. The second kappa shape index (κ2) is 8.48. The van der Waals surface area contributed by atoms with Crippen LogP contribution >= 0.6 is 0 Å². The Kier molecular flexibility index (Phi) is 5.42. The summed E-state index contributed by atoms with van der Waals surface area (Å²) in [5.41, 5.74) is 2.15. The van der Waals surface area contributed by atoms with E-state index in [9.17, 15) is 9.59 Å². The number of fused-ring (bicyclic) bond motifs is 1. The summed E-state index contributed by atoms with van der Waals surface area (Å²) in [6.07, 6.45) is 0. The van der Waals surface area contributed by atoms with Crippen molar-refractivity contribution in [1.82, 2.24) is 0 Å². The molecule has 1 aliphatic rings. The number of rotatable bonds is 6. The number of hydrogen-bond donors (Lipinski definition) is 1. The summed E-state index contributed by atoms with van der Waals surface area (Å²) in [4.78, 5) is 25.1. The quantitative estimate of drug-likeness (QED) is 0.651. The molecule has 0 spiro atoms. The van der Waals surface area contributed by atoms with Crippen molar-refractivity contribution in [2.45, 2.75) is 5.92 Å². The zero-order chi connectivity index (χ0) is 20.1. The first kappa shape index (κ1) is 18.6. The second-order valence-electron chi connectivity index (χ2n) is 6.48. The summed E-state index contributed by atoms with van der Waals surface area (Å²) >= 11 is 0. The van der Waals surface area contributed by atoms with Crippen LogP contribution in [-0.2, 0) is 14.3 Å². The molecule has 0 atom stereocenters. The van der Waals surface area contributed by atoms with Gasteiger partial charge in [0.25, 0.3) is 5.91 Å². The summed E-state index contributed by atoms with van der Waals surface area (Å²) in [5.74, 6) is -0.327. The number of ether oxygens (including phenoxy) is 3. The molecule has 0 aromatic heterocycles. The topological polar surface area (TPSA) is 73.9 Å². The fourth-order valence-electron chi connectivity index (χ4n) is 3.15. The fourth-order valence-corrected chi connectivity index (χ4v) is 3.15. The number of hydrogen-bond acceptors (Lipinski definition) is 5. The van der Waals surface area contributed by atoms with Crippen molar-refractivity contribution in [3.05, 3.63) is 90.0 Å². The molecule has 0 saturated heterocycles. The average Bonchev–Trinajstić information content (AvgIpc) is 3.22. The van der Waals surface area contributed by atoms with Gasteiger partial charge < -0.3 is 19.5 Å². The molecule has 6 nitrogen and oxygen atoms in total. The van der Waals surface area contributed by atoms with Crippen LogP contribution in [0.5, 0.6) is 11.5 Å². The lowest BCUT2D eigenvalue weighted by molar-refractivity contribution is -0.147. The number of nitrogens with one attached hydrogen (secondary N) is 1. The molecule has 146 valence electrons. The Morgan fingerprint density at radius 1 is 0.862 bits per heavy atom. The number of amides is 1. The first-order valence-electron chi connectivity index (χ1n) is 9.17. The number of anilines is 1. The van der Waals surface area contributed by atoms with E-state index in [0.717, 1.165) is 11.1 Å². The third-order valence-corrected chi connectivity index (χ3v) is 4.50. The summed E-state index contributed by atoms with van der Waals surface area (Å²) in [5, 5.41) is 2.69. The van der Waals surface area contributed by atoms with Gasteiger partial charge in [-0.1, -0.05) is 60.7 Å². The highest BCUT2D eigenvalue weighted by molar-refractivity contribution is 5.94. The Hall–Kier alpha value is -3.80. The molecular formula is C23H19NO5. The van der Waals surface area contributed by atoms with Crippen molar-refractivity contribution >= 4 is 17.6 Å². The monoisotopic (exact) mass is 389 g/mol. The highest BCUT2D eigenvalue weighted by atomic mass is 16.7. The predicted molar refractivity (Wildman–Crippen MR) is 107 cm³/mol. The molecule has 3 aromatic rings. The van der Waals surface area contributed by atoms with Crippen LogP contribution in [0.2, 0.25) is 0 Å². The van der Waals surface area contributed by atoms with Crippen LogP contribution in [0.15, 0.2) is 78.9 Å². The average molecular weight is 389 g/mol. The number of benzene rings is 3. The van der Waals surface area contributed by atoms with Crippen molar-refractivity contribution < 1.29 is 23.8 Å². The third-order valence-electron chi connectivity index (χ3n) is 4.50. The van der Waals surface area contributed by atoms with Gasteiger partial charge in [-0.2, -0.15) is 0 Å². The van der Waals surface area contributed by atoms with Gasteiger partial charge in [0.15, 0.2) is 18.1 Å². The van der Waals surface area contributed by atoms with Crippen molar-refractivity contribution in [1.29, 1.82) is 0 Å². The van der Waals surface area contributed by atoms with E-state index in [2.05, 4.69) is 5.32 Å². The molecule has 1 heterocycles. The van der Waals surface area contributed by atoms with E-state index in [1.54, 1.807) is 18.2 Å². The van der Waals surface area contributed by atoms with Crippen molar-refractivity contribution in [2.75, 3.05) is 18.7 Å². The first-order valence-corrected chi connectivity index (χ1v) is 9.17. The number of esters is 1. The lowest BCUT2D eigenvalue weighted by atomic mass is 9.91. The molecule has 1 aliphatic heterocycles. The van der Waals surface area contributed by atoms with Crippen LogP contribution in [0.3, 0.4) is 0 Å². The summed E-state index contributed by atoms with van der Waals surface area (Å²) in [6.45, 7) is -0.228. The maximum Gasteiger partial charge on any atom is 0.318 e. The van der Waals surface area contributed by atoms with Gasteiger partial charge in [0.05, 0.1) is 0 Å². The molecule has 6 heteroatoms. The van der Waals surface area contributed by atoms with Crippen molar-refractivity contribution in [2.24, 2.45) is 0 Å². The molecule has 0 aliphatic carbocycles. The first-order chi connectivity index (χ1) is 14.2. The van der Waals surface area contributed by atoms with E-state index < -0.39 is 17.8 Å². The SMILES string of the molecule is O=C(COC(=O)C(c1ccccc1)c1ccccc1)Nc1ccc2c(c1)OCO2. The highest BCUT2D eigenvalue weighted by Gasteiger charge is 2.25. The molecule has 29 heavy (non-hydrogen) atoms. The minimum absolute atomic E-state index is 0.157. The molecule has 1 amide bonds. The third kappa shape index (κ3) is 4.38. The van der Waals surface area contributed by atoms with E-state index in [0.29, 0.717) is 17.2 Å². The normalized spacial score (nSPS) is 11.9. The fraction of sp³-hybridized carbons (Fsp3) is 0.130. The Morgan fingerprint density at radius 2 is 1.48 bits per heavy atom. The Bertz CT molecular complexity index is 965. The van der Waals surface area contributed by atoms with E-state index in [1.807, 2.05) is 60.7 Å². The molecule has 3 aromatic carbocycles. The maximum absolute atomic E-state index is 12.8. The number of carbonyl (C=O) groups is 2. The summed E-state index contributed by atoms with van der Waals surface area (Å²) < 4.78 is 15.9. The molecule has 1 N–H and O–H groups in total. The van der Waals surface area contributed by atoms with Gasteiger partial charge in [-0.25, -0.2) is 0 Å². The van der Waals surface area contributed by atoms with E-state index >= 15 is 0 Å². The van der Waals surface area contributed by atoms with Crippen molar-refractivity contribution in [3.8, 4) is 11.5 Å². The van der Waals surface area contributed by atoms with Gasteiger partial charge in [-0.3, -0.25) is 9.59 Å². The largest absolute Gasteiger partial charge is 0.455 e. The molecular weight excluding hydrogens is 370 g/mol. The van der Waals surface area contributed by atoms with Crippen LogP contribution < -0.4 is 14.8 Å². The van der Waals surface area contributed by atoms with E-state index in [4.69, 9.17) is 14.2 Å². The molecule has 0 saturated carbocycles. The van der Waals surface area contributed by atoms with E-state index in [-0.39, 0.29) is 13.4 Å². The Balaban J connectivity index is 1.42. The lowest BCUT2D eigenvalue weighted by Gasteiger charge is -2.17. The van der Waals surface area contributed by atoms with Crippen LogP contribution in [0.25, 0.3) is 0 Å².